The SMILES string of the molecule is CCCCC(=O)C(NC(C(=O)OC)C(C)C)c1ccc(-c2ccccc2-c2nn[nH]n2)cc1. The molecule has 174 valence electrons. The van der Waals surface area contributed by atoms with E-state index in [9.17, 15) is 9.59 Å². The number of nitrogens with one attached hydrogen (secondary N) is 2. The second-order valence-electron chi connectivity index (χ2n) is 8.32. The van der Waals surface area contributed by atoms with E-state index in [0.717, 1.165) is 35.1 Å². The number of ketones is 1. The van der Waals surface area contributed by atoms with Crippen LogP contribution in [0.4, 0.5) is 0 Å². The number of aromatic nitrogens is 4. The molecule has 2 unspecified atom stereocenters. The Labute approximate surface area is 194 Å². The molecule has 2 N–H and O–H groups in total. The number of rotatable bonds is 11. The number of carbonyl (C=O) groups excluding carboxylic acids is 2. The van der Waals surface area contributed by atoms with Crippen molar-refractivity contribution in [2.24, 2.45) is 5.92 Å². The van der Waals surface area contributed by atoms with Crippen molar-refractivity contribution in [3.63, 3.8) is 0 Å². The highest BCUT2D eigenvalue weighted by Crippen LogP contribution is 2.31. The first-order valence-electron chi connectivity index (χ1n) is 11.3. The van der Waals surface area contributed by atoms with Crippen LogP contribution in [0.15, 0.2) is 48.5 Å². The predicted octanol–water partition coefficient (Wildman–Crippen LogP) is 4.12. The first-order valence-corrected chi connectivity index (χ1v) is 11.3. The summed E-state index contributed by atoms with van der Waals surface area (Å²) in [5, 5.41) is 17.6. The molecule has 0 amide bonds. The van der Waals surface area contributed by atoms with Crippen molar-refractivity contribution in [3.05, 3.63) is 54.1 Å². The quantitative estimate of drug-likeness (QED) is 0.424. The van der Waals surface area contributed by atoms with Crippen LogP contribution in [-0.4, -0.2) is 45.5 Å². The van der Waals surface area contributed by atoms with Crippen LogP contribution < -0.4 is 5.32 Å². The lowest BCUT2D eigenvalue weighted by molar-refractivity contribution is -0.144. The van der Waals surface area contributed by atoms with E-state index in [-0.39, 0.29) is 17.7 Å². The molecule has 0 saturated heterocycles. The van der Waals surface area contributed by atoms with Crippen LogP contribution >= 0.6 is 0 Å². The van der Waals surface area contributed by atoms with Gasteiger partial charge in [-0.2, -0.15) is 5.21 Å². The Balaban J connectivity index is 1.93. The van der Waals surface area contributed by atoms with Gasteiger partial charge >= 0.3 is 5.97 Å². The van der Waals surface area contributed by atoms with Crippen molar-refractivity contribution in [2.75, 3.05) is 7.11 Å². The van der Waals surface area contributed by atoms with Crippen LogP contribution in [0.3, 0.4) is 0 Å². The lowest BCUT2D eigenvalue weighted by Gasteiger charge is -2.26. The maximum atomic E-state index is 13.1. The van der Waals surface area contributed by atoms with Gasteiger partial charge in [-0.3, -0.25) is 14.9 Å². The highest BCUT2D eigenvalue weighted by Gasteiger charge is 2.30. The number of aromatic amines is 1. The Morgan fingerprint density at radius 2 is 1.76 bits per heavy atom. The number of hydrogen-bond donors (Lipinski definition) is 2. The summed E-state index contributed by atoms with van der Waals surface area (Å²) >= 11 is 0. The number of ether oxygens (including phenoxy) is 1. The van der Waals surface area contributed by atoms with E-state index in [1.807, 2.05) is 62.4 Å². The van der Waals surface area contributed by atoms with Gasteiger partial charge in [-0.1, -0.05) is 75.7 Å². The molecule has 1 aromatic heterocycles. The standard InChI is InChI=1S/C25H31N5O3/c1-5-6-11-21(31)23(26-22(16(2)3)25(32)33-4)18-14-12-17(13-15-18)19-9-7-8-10-20(19)24-27-29-30-28-24/h7-10,12-16,22-23,26H,5-6,11H2,1-4H3,(H,27,28,29,30). The molecule has 3 rings (SSSR count). The molecule has 0 radical (unpaired) electrons. The number of carbonyl (C=O) groups is 2. The van der Waals surface area contributed by atoms with Crippen LogP contribution in [0.5, 0.6) is 0 Å². The minimum absolute atomic E-state index is 0.0277. The highest BCUT2D eigenvalue weighted by atomic mass is 16.5. The van der Waals surface area contributed by atoms with E-state index in [4.69, 9.17) is 4.74 Å². The number of tetrazole rings is 1. The first kappa shape index (κ1) is 24.3. The second-order valence-corrected chi connectivity index (χ2v) is 8.32. The van der Waals surface area contributed by atoms with E-state index >= 15 is 0 Å². The average molecular weight is 450 g/mol. The van der Waals surface area contributed by atoms with E-state index in [0.29, 0.717) is 12.2 Å². The molecule has 0 saturated carbocycles. The Morgan fingerprint density at radius 3 is 2.33 bits per heavy atom. The van der Waals surface area contributed by atoms with Gasteiger partial charge in [0.15, 0.2) is 5.78 Å². The maximum Gasteiger partial charge on any atom is 0.323 e. The smallest absolute Gasteiger partial charge is 0.323 e. The van der Waals surface area contributed by atoms with Gasteiger partial charge in [-0.05, 0) is 34.2 Å². The van der Waals surface area contributed by atoms with Gasteiger partial charge in [0, 0.05) is 12.0 Å². The summed E-state index contributed by atoms with van der Waals surface area (Å²) in [6, 6.07) is 14.4. The van der Waals surface area contributed by atoms with Gasteiger partial charge in [0.25, 0.3) is 0 Å². The monoisotopic (exact) mass is 449 g/mol. The van der Waals surface area contributed by atoms with Crippen LogP contribution in [0.25, 0.3) is 22.5 Å². The number of esters is 1. The molecular weight excluding hydrogens is 418 g/mol. The maximum absolute atomic E-state index is 13.1. The van der Waals surface area contributed by atoms with Gasteiger partial charge in [0.1, 0.15) is 6.04 Å². The summed E-state index contributed by atoms with van der Waals surface area (Å²) in [5.74, 6) is 0.178. The Bertz CT molecular complexity index is 1050. The second kappa shape index (κ2) is 11.5. The van der Waals surface area contributed by atoms with Gasteiger partial charge in [-0.25, -0.2) is 0 Å². The number of Topliss-reactive ketones (excluding diaryl/α,β-unsaturated/α-hetero) is 1. The van der Waals surface area contributed by atoms with Gasteiger partial charge < -0.3 is 4.74 Å². The molecule has 0 aliphatic carbocycles. The third kappa shape index (κ3) is 5.90. The molecule has 2 aromatic carbocycles. The van der Waals surface area contributed by atoms with E-state index < -0.39 is 12.1 Å². The normalized spacial score (nSPS) is 13.0. The van der Waals surface area contributed by atoms with Gasteiger partial charge in [0.05, 0.1) is 13.2 Å². The Morgan fingerprint density at radius 1 is 1.06 bits per heavy atom. The number of hydrogen-bond acceptors (Lipinski definition) is 7. The minimum Gasteiger partial charge on any atom is -0.468 e. The molecule has 2 atom stereocenters. The topological polar surface area (TPSA) is 110 Å². The lowest BCUT2D eigenvalue weighted by Crippen LogP contribution is -2.45. The van der Waals surface area contributed by atoms with Crippen LogP contribution in [0.2, 0.25) is 0 Å². The van der Waals surface area contributed by atoms with Crippen LogP contribution in [0, 0.1) is 5.92 Å². The Kier molecular flexibility index (Phi) is 8.43. The number of methoxy groups -OCH3 is 1. The fourth-order valence-electron chi connectivity index (χ4n) is 3.77. The van der Waals surface area contributed by atoms with Crippen molar-refractivity contribution < 1.29 is 14.3 Å². The highest BCUT2D eigenvalue weighted by molar-refractivity contribution is 5.87. The average Bonchev–Trinajstić information content (AvgIpc) is 3.37. The van der Waals surface area contributed by atoms with Gasteiger partial charge in [0.2, 0.25) is 5.82 Å². The summed E-state index contributed by atoms with van der Waals surface area (Å²) in [6.07, 6.45) is 2.18. The summed E-state index contributed by atoms with van der Waals surface area (Å²) in [7, 11) is 1.36. The summed E-state index contributed by atoms with van der Waals surface area (Å²) in [6.45, 7) is 5.91. The molecule has 0 spiro atoms. The van der Waals surface area contributed by atoms with E-state index in [1.54, 1.807) is 0 Å². The molecule has 8 heteroatoms. The summed E-state index contributed by atoms with van der Waals surface area (Å²) in [4.78, 5) is 25.4. The van der Waals surface area contributed by atoms with Gasteiger partial charge in [-0.15, -0.1) is 10.2 Å². The van der Waals surface area contributed by atoms with Crippen molar-refractivity contribution in [1.29, 1.82) is 0 Å². The van der Waals surface area contributed by atoms with E-state index in [2.05, 4.69) is 32.9 Å². The molecule has 8 nitrogen and oxygen atoms in total. The number of benzene rings is 2. The predicted molar refractivity (Wildman–Crippen MR) is 126 cm³/mol. The lowest BCUT2D eigenvalue weighted by atomic mass is 9.93. The minimum atomic E-state index is -0.593. The first-order chi connectivity index (χ1) is 16.0. The molecule has 33 heavy (non-hydrogen) atoms. The summed E-state index contributed by atoms with van der Waals surface area (Å²) < 4.78 is 4.96. The largest absolute Gasteiger partial charge is 0.468 e. The molecule has 0 fully saturated rings. The summed E-state index contributed by atoms with van der Waals surface area (Å²) in [5.41, 5.74) is 3.60. The zero-order valence-corrected chi connectivity index (χ0v) is 19.5. The molecule has 3 aromatic rings. The number of unbranched alkanes of at least 4 members (excludes halogenated alkanes) is 1. The van der Waals surface area contributed by atoms with Crippen LogP contribution in [-0.2, 0) is 14.3 Å². The number of H-pyrrole nitrogens is 1. The molecule has 1 heterocycles. The fraction of sp³-hybridized carbons (Fsp3) is 0.400. The zero-order chi connectivity index (χ0) is 23.8. The molecule has 0 bridgehead atoms. The third-order valence-electron chi connectivity index (χ3n) is 5.64. The molecule has 0 aliphatic rings. The molecule has 0 aliphatic heterocycles. The van der Waals surface area contributed by atoms with Crippen molar-refractivity contribution in [1.82, 2.24) is 25.9 Å². The van der Waals surface area contributed by atoms with Crippen molar-refractivity contribution >= 4 is 11.8 Å². The number of nitrogens with zero attached hydrogens (tertiary/aromatic N) is 3. The van der Waals surface area contributed by atoms with Crippen molar-refractivity contribution in [3.8, 4) is 22.5 Å². The van der Waals surface area contributed by atoms with Crippen LogP contribution in [0.1, 0.15) is 51.6 Å². The van der Waals surface area contributed by atoms with Crippen molar-refractivity contribution in [2.45, 2.75) is 52.1 Å². The van der Waals surface area contributed by atoms with E-state index in [1.165, 1.54) is 7.11 Å². The zero-order valence-electron chi connectivity index (χ0n) is 19.5. The third-order valence-corrected chi connectivity index (χ3v) is 5.64. The molecular formula is C25H31N5O3. The Hall–Kier alpha value is -3.39. The fourth-order valence-corrected chi connectivity index (χ4v) is 3.77.